The van der Waals surface area contributed by atoms with Crippen LogP contribution in [0.1, 0.15) is 108 Å². The summed E-state index contributed by atoms with van der Waals surface area (Å²) in [6.45, 7) is 4.63. The molecule has 4 heterocycles. The predicted octanol–water partition coefficient (Wildman–Crippen LogP) is 4.33. The molecule has 4 aliphatic rings. The number of benzene rings is 1. The topological polar surface area (TPSA) is 114 Å². The minimum absolute atomic E-state index is 0.148. The van der Waals surface area contributed by atoms with Crippen LogP contribution in [0.2, 0.25) is 0 Å². The average Bonchev–Trinajstić information content (AvgIpc) is 2.93. The number of carboxylic acid groups (broad SMARTS) is 1. The van der Waals surface area contributed by atoms with Crippen LogP contribution in [-0.4, -0.2) is 69.2 Å². The van der Waals surface area contributed by atoms with Crippen molar-refractivity contribution < 1.29 is 20.1 Å². The molecule has 0 saturated carbocycles. The van der Waals surface area contributed by atoms with Gasteiger partial charge in [0, 0.05) is 48.6 Å². The molecule has 0 spiro atoms. The maximum absolute atomic E-state index is 11.8. The Bertz CT molecular complexity index is 1150. The fraction of sp³-hybridized carbons (Fsp3) is 0.750. The number of aliphatic hydroxyl groups is 2. The maximum atomic E-state index is 11.8. The lowest BCUT2D eigenvalue weighted by atomic mass is 9.77. The molecule has 0 aliphatic carbocycles. The quantitative estimate of drug-likeness (QED) is 0.282. The first-order valence-corrected chi connectivity index (χ1v) is 17.0. The molecule has 0 aromatic heterocycles. The van der Waals surface area contributed by atoms with E-state index in [0.29, 0.717) is 24.9 Å². The van der Waals surface area contributed by atoms with Crippen LogP contribution in [0.15, 0.2) is 24.3 Å². The lowest BCUT2D eigenvalue weighted by molar-refractivity contribution is -0.143. The number of hydrogen-bond donors (Lipinski definition) is 6. The van der Waals surface area contributed by atoms with E-state index in [2.05, 4.69) is 65.9 Å². The van der Waals surface area contributed by atoms with Crippen LogP contribution in [0.25, 0.3) is 0 Å². The van der Waals surface area contributed by atoms with Gasteiger partial charge >= 0.3 is 5.97 Å². The van der Waals surface area contributed by atoms with E-state index in [0.717, 1.165) is 83.5 Å². The summed E-state index contributed by atoms with van der Waals surface area (Å²) in [6.07, 6.45) is 12.5. The van der Waals surface area contributed by atoms with Gasteiger partial charge in [-0.05, 0) is 102 Å². The van der Waals surface area contributed by atoms with Gasteiger partial charge in [-0.25, -0.2) is 0 Å². The lowest BCUT2D eigenvalue weighted by Crippen LogP contribution is -2.61. The van der Waals surface area contributed by atoms with Crippen LogP contribution < -0.4 is 16.0 Å². The van der Waals surface area contributed by atoms with Gasteiger partial charge in [-0.1, -0.05) is 43.0 Å². The number of nitrogens with one attached hydrogen (secondary N) is 3. The zero-order valence-corrected chi connectivity index (χ0v) is 26.4. The fourth-order valence-corrected chi connectivity index (χ4v) is 8.41. The van der Waals surface area contributed by atoms with Crippen molar-refractivity contribution in [2.45, 2.75) is 152 Å². The Morgan fingerprint density at radius 3 is 2.63 bits per heavy atom. The molecule has 6 N–H and O–H groups in total. The van der Waals surface area contributed by atoms with E-state index in [1.807, 2.05) is 0 Å². The number of fused-ring (bicyclic) bond motifs is 6. The Kier molecular flexibility index (Phi) is 10.9. The number of carboxylic acids is 1. The smallest absolute Gasteiger partial charge is 0.306 e. The van der Waals surface area contributed by atoms with Gasteiger partial charge in [0.2, 0.25) is 0 Å². The molecule has 5 rings (SSSR count). The molecule has 0 radical (unpaired) electrons. The number of piperidine rings is 2. The largest absolute Gasteiger partial charge is 0.481 e. The van der Waals surface area contributed by atoms with Crippen LogP contribution in [0.3, 0.4) is 0 Å². The highest BCUT2D eigenvalue weighted by atomic mass is 16.4. The van der Waals surface area contributed by atoms with Gasteiger partial charge < -0.3 is 31.3 Å². The van der Waals surface area contributed by atoms with Crippen molar-refractivity contribution >= 4 is 5.97 Å². The second kappa shape index (κ2) is 14.4. The van der Waals surface area contributed by atoms with Crippen molar-refractivity contribution in [1.82, 2.24) is 16.0 Å². The zero-order valence-electron chi connectivity index (χ0n) is 26.4. The third-order valence-corrected chi connectivity index (χ3v) is 10.7. The van der Waals surface area contributed by atoms with Crippen LogP contribution in [0.4, 0.5) is 0 Å². The van der Waals surface area contributed by atoms with Crippen molar-refractivity contribution in [2.75, 3.05) is 6.54 Å². The summed E-state index contributed by atoms with van der Waals surface area (Å²) < 4.78 is 0. The van der Waals surface area contributed by atoms with Crippen LogP contribution >= 0.6 is 0 Å². The zero-order chi connectivity index (χ0) is 30.5. The molecule has 238 valence electrons. The molecule has 1 aromatic carbocycles. The Labute approximate surface area is 259 Å². The highest BCUT2D eigenvalue weighted by molar-refractivity contribution is 5.68. The summed E-state index contributed by atoms with van der Waals surface area (Å²) in [5.41, 5.74) is 1.31. The summed E-state index contributed by atoms with van der Waals surface area (Å²) >= 11 is 0. The molecule has 2 fully saturated rings. The highest BCUT2D eigenvalue weighted by Gasteiger charge is 2.39. The van der Waals surface area contributed by atoms with E-state index in [9.17, 15) is 20.1 Å². The molecular weight excluding hydrogens is 538 g/mol. The first-order chi connectivity index (χ1) is 20.6. The maximum Gasteiger partial charge on any atom is 0.306 e. The molecule has 43 heavy (non-hydrogen) atoms. The van der Waals surface area contributed by atoms with E-state index in [1.54, 1.807) is 0 Å². The first kappa shape index (κ1) is 32.4. The Balaban J connectivity index is 1.41. The summed E-state index contributed by atoms with van der Waals surface area (Å²) in [4.78, 5) is 11.8. The summed E-state index contributed by atoms with van der Waals surface area (Å²) in [6, 6.07) is 10.3. The number of rotatable bonds is 5. The molecule has 9 atom stereocenters. The second-order valence-corrected chi connectivity index (χ2v) is 14.9. The third-order valence-electron chi connectivity index (χ3n) is 10.7. The number of hydrogen-bond acceptors (Lipinski definition) is 6. The second-order valence-electron chi connectivity index (χ2n) is 14.9. The van der Waals surface area contributed by atoms with Crippen molar-refractivity contribution in [2.24, 2.45) is 11.8 Å². The number of β-amino-alcohol motifs (C(OH)–C–C–N with tert-alkyl or cyclic N) is 1. The molecule has 7 nitrogen and oxygen atoms in total. The molecule has 7 heteroatoms. The van der Waals surface area contributed by atoms with E-state index in [1.165, 1.54) is 11.1 Å². The van der Waals surface area contributed by atoms with E-state index in [4.69, 9.17) is 0 Å². The van der Waals surface area contributed by atoms with Crippen molar-refractivity contribution in [3.63, 3.8) is 0 Å². The molecule has 0 unspecified atom stereocenters. The van der Waals surface area contributed by atoms with E-state index >= 15 is 0 Å². The van der Waals surface area contributed by atoms with Crippen molar-refractivity contribution in [1.29, 1.82) is 0 Å². The van der Waals surface area contributed by atoms with Gasteiger partial charge in [0.05, 0.1) is 18.1 Å². The minimum Gasteiger partial charge on any atom is -0.481 e. The Morgan fingerprint density at radius 1 is 1.05 bits per heavy atom. The number of carbonyl (C=O) groups is 1. The van der Waals surface area contributed by atoms with Crippen LogP contribution in [-0.2, 0) is 17.6 Å². The van der Waals surface area contributed by atoms with Gasteiger partial charge in [0.1, 0.15) is 0 Å². The van der Waals surface area contributed by atoms with E-state index in [-0.39, 0.29) is 42.1 Å². The molecule has 2 saturated heterocycles. The molecule has 1 aromatic rings. The highest BCUT2D eigenvalue weighted by Crippen LogP contribution is 2.33. The Hall–Kier alpha value is -1.95. The SMILES string of the molecule is C[C@@H]1N[C@H](CC[C@@H]2Cc3cccc(c3)C[C@H]3C[C@@]4(C)C[C@@H](CC#C[C@@H](CCCC[C@@](O)(CC(=O)O)CN4)C2)N3)CC[C@H]1O. The summed E-state index contributed by atoms with van der Waals surface area (Å²) in [5.74, 6) is 7.22. The van der Waals surface area contributed by atoms with Crippen molar-refractivity contribution in [3.8, 4) is 11.8 Å². The van der Waals surface area contributed by atoms with Gasteiger partial charge in [0.25, 0.3) is 0 Å². The first-order valence-electron chi connectivity index (χ1n) is 17.0. The Morgan fingerprint density at radius 2 is 1.84 bits per heavy atom. The van der Waals surface area contributed by atoms with Crippen LogP contribution in [0.5, 0.6) is 0 Å². The molecular formula is C36H55N3O4. The fourth-order valence-electron chi connectivity index (χ4n) is 8.41. The summed E-state index contributed by atoms with van der Waals surface area (Å²) in [5, 5.41) is 42.6. The van der Waals surface area contributed by atoms with Gasteiger partial charge in [-0.3, -0.25) is 4.79 Å². The number of aliphatic carboxylic acids is 1. The molecule has 6 bridgehead atoms. The standard InChI is InChI=1S/C36H55N3O4/c1-25-33(40)15-14-30(38-25)13-12-29-17-26-7-3-4-16-36(43,23-34(41)42)24-37-35(2)21-31(11-6-8-26)39-32(22-35)20-28-10-5-9-27(18-28)19-29/h5,9-10,18,25-26,29-33,37-40,43H,3-4,7,11-17,19-24H2,1-2H3,(H,41,42)/t25-,26+,29-,30+,31+,32-,33+,35+,36+/m0/s1. The predicted molar refractivity (Wildman–Crippen MR) is 171 cm³/mol. The molecule has 4 aliphatic heterocycles. The minimum atomic E-state index is -1.25. The van der Waals surface area contributed by atoms with Gasteiger partial charge in [-0.2, -0.15) is 0 Å². The number of aliphatic hydroxyl groups excluding tert-OH is 1. The molecule has 0 amide bonds. The normalized spacial score (nSPS) is 39.0. The van der Waals surface area contributed by atoms with Crippen LogP contribution in [0, 0.1) is 23.7 Å². The lowest BCUT2D eigenvalue weighted by Gasteiger charge is -2.45. The third kappa shape index (κ3) is 9.52. The van der Waals surface area contributed by atoms with Crippen molar-refractivity contribution in [3.05, 3.63) is 35.4 Å². The monoisotopic (exact) mass is 593 g/mol. The van der Waals surface area contributed by atoms with Gasteiger partial charge in [-0.15, -0.1) is 5.92 Å². The van der Waals surface area contributed by atoms with Gasteiger partial charge in [0.15, 0.2) is 0 Å². The van der Waals surface area contributed by atoms with E-state index < -0.39 is 11.6 Å². The summed E-state index contributed by atoms with van der Waals surface area (Å²) in [7, 11) is 0. The average molecular weight is 594 g/mol.